The molecule has 5 nitrogen and oxygen atoms in total. The summed E-state index contributed by atoms with van der Waals surface area (Å²) in [5, 5.41) is 0. The third-order valence-electron chi connectivity index (χ3n) is 3.09. The van der Waals surface area contributed by atoms with E-state index in [1.54, 1.807) is 0 Å². The van der Waals surface area contributed by atoms with Crippen molar-refractivity contribution in [2.24, 2.45) is 7.05 Å². The van der Waals surface area contributed by atoms with Crippen LogP contribution in [-0.2, 0) is 18.0 Å². The molecule has 0 aliphatic carbocycles. The molecule has 0 spiro atoms. The molecule has 1 aromatic carbocycles. The lowest BCUT2D eigenvalue weighted by Crippen LogP contribution is -2.06. The van der Waals surface area contributed by atoms with Crippen LogP contribution in [0, 0.1) is 5.82 Å². The van der Waals surface area contributed by atoms with Gasteiger partial charge >= 0.3 is 12.1 Å². The molecule has 23 heavy (non-hydrogen) atoms. The minimum Gasteiger partial charge on any atom is -0.496 e. The Labute approximate surface area is 128 Å². The second-order valence-electron chi connectivity index (χ2n) is 4.59. The van der Waals surface area contributed by atoms with Crippen molar-refractivity contribution in [2.75, 3.05) is 14.2 Å². The third-order valence-corrected chi connectivity index (χ3v) is 3.09. The van der Waals surface area contributed by atoms with Gasteiger partial charge in [-0.2, -0.15) is 13.2 Å². The van der Waals surface area contributed by atoms with E-state index in [1.165, 1.54) is 20.2 Å². The second-order valence-corrected chi connectivity index (χ2v) is 4.59. The van der Waals surface area contributed by atoms with E-state index < -0.39 is 23.7 Å². The van der Waals surface area contributed by atoms with Gasteiger partial charge < -0.3 is 14.0 Å². The van der Waals surface area contributed by atoms with Gasteiger partial charge in [0.25, 0.3) is 0 Å². The maximum atomic E-state index is 14.3. The third kappa shape index (κ3) is 3.13. The van der Waals surface area contributed by atoms with E-state index in [0.29, 0.717) is 0 Å². The van der Waals surface area contributed by atoms with E-state index in [4.69, 9.17) is 4.74 Å². The highest BCUT2D eigenvalue weighted by molar-refractivity contribution is 5.91. The van der Waals surface area contributed by atoms with E-state index in [0.717, 1.165) is 23.9 Å². The van der Waals surface area contributed by atoms with Gasteiger partial charge in [0.2, 0.25) is 0 Å². The molecule has 0 bridgehead atoms. The highest BCUT2D eigenvalue weighted by Crippen LogP contribution is 2.36. The number of ether oxygens (including phenoxy) is 2. The summed E-state index contributed by atoms with van der Waals surface area (Å²) in [6.07, 6.45) is -3.92. The molecule has 1 aromatic heterocycles. The minimum absolute atomic E-state index is 0.129. The van der Waals surface area contributed by atoms with Gasteiger partial charge in [0.15, 0.2) is 5.69 Å². The molecular weight excluding hydrogens is 320 g/mol. The zero-order valence-corrected chi connectivity index (χ0v) is 12.4. The molecule has 0 fully saturated rings. The Hall–Kier alpha value is -2.58. The van der Waals surface area contributed by atoms with Crippen molar-refractivity contribution in [3.63, 3.8) is 0 Å². The number of benzene rings is 1. The fourth-order valence-electron chi connectivity index (χ4n) is 2.03. The number of imidazole rings is 1. The van der Waals surface area contributed by atoms with Crippen molar-refractivity contribution < 1.29 is 31.8 Å². The Morgan fingerprint density at radius 1 is 1.26 bits per heavy atom. The number of rotatable bonds is 3. The lowest BCUT2D eigenvalue weighted by molar-refractivity contribution is -0.140. The van der Waals surface area contributed by atoms with Crippen molar-refractivity contribution in [1.82, 2.24) is 9.55 Å². The number of esters is 1. The van der Waals surface area contributed by atoms with E-state index in [2.05, 4.69) is 9.72 Å². The van der Waals surface area contributed by atoms with Crippen LogP contribution in [0.4, 0.5) is 17.6 Å². The van der Waals surface area contributed by atoms with Crippen LogP contribution in [0.2, 0.25) is 0 Å². The largest absolute Gasteiger partial charge is 0.496 e. The molecule has 0 radical (unpaired) electrons. The molecule has 0 saturated heterocycles. The molecule has 0 unspecified atom stereocenters. The number of nitrogens with zero attached hydrogens (tertiary/aromatic N) is 2. The first-order chi connectivity index (χ1) is 10.7. The molecule has 0 aliphatic rings. The molecular formula is C14H12F4N2O3. The van der Waals surface area contributed by atoms with Gasteiger partial charge in [-0.05, 0) is 12.1 Å². The predicted octanol–water partition coefficient (Wildman–Crippen LogP) is 3.04. The minimum atomic E-state index is -4.66. The molecule has 0 saturated carbocycles. The fraction of sp³-hybridized carbons (Fsp3) is 0.286. The maximum Gasteiger partial charge on any atom is 0.434 e. The van der Waals surface area contributed by atoms with Crippen LogP contribution in [0.5, 0.6) is 5.75 Å². The molecule has 0 N–H and O–H groups in total. The number of aryl methyl sites for hydroxylation is 1. The van der Waals surface area contributed by atoms with Crippen LogP contribution >= 0.6 is 0 Å². The van der Waals surface area contributed by atoms with Crippen LogP contribution < -0.4 is 4.74 Å². The quantitative estimate of drug-likeness (QED) is 0.640. The Morgan fingerprint density at radius 2 is 1.91 bits per heavy atom. The van der Waals surface area contributed by atoms with Crippen LogP contribution in [-0.4, -0.2) is 29.7 Å². The number of hydrogen-bond donors (Lipinski definition) is 0. The topological polar surface area (TPSA) is 53.3 Å². The van der Waals surface area contributed by atoms with Gasteiger partial charge in [0.1, 0.15) is 17.4 Å². The molecule has 2 aromatic rings. The number of hydrogen-bond acceptors (Lipinski definition) is 4. The van der Waals surface area contributed by atoms with Gasteiger partial charge in [0, 0.05) is 13.2 Å². The first kappa shape index (κ1) is 16.8. The summed E-state index contributed by atoms with van der Waals surface area (Å²) >= 11 is 0. The number of halogens is 4. The Kier molecular flexibility index (Phi) is 4.31. The summed E-state index contributed by atoms with van der Waals surface area (Å²) in [7, 11) is 3.62. The lowest BCUT2D eigenvalue weighted by atomic mass is 10.1. The van der Waals surface area contributed by atoms with Gasteiger partial charge in [-0.3, -0.25) is 0 Å². The summed E-state index contributed by atoms with van der Waals surface area (Å²) < 4.78 is 63.0. The van der Waals surface area contributed by atoms with Gasteiger partial charge in [-0.15, -0.1) is 0 Å². The van der Waals surface area contributed by atoms with Crippen molar-refractivity contribution in [3.8, 4) is 17.1 Å². The van der Waals surface area contributed by atoms with Crippen LogP contribution in [0.3, 0.4) is 0 Å². The standard InChI is InChI=1S/C14H12F4N2O3/c1-20-6-10(14(16,17)18)19-12(20)11-8(15)4-7(13(21)23-3)5-9(11)22-2/h4-6H,1-3H3. The Bertz CT molecular complexity index is 753. The van der Waals surface area contributed by atoms with E-state index in [-0.39, 0.29) is 22.7 Å². The number of methoxy groups -OCH3 is 2. The predicted molar refractivity (Wildman–Crippen MR) is 71.5 cm³/mol. The van der Waals surface area contributed by atoms with E-state index >= 15 is 0 Å². The summed E-state index contributed by atoms with van der Waals surface area (Å²) in [5.41, 5.74) is -1.57. The average Bonchev–Trinajstić information content (AvgIpc) is 2.87. The van der Waals surface area contributed by atoms with Gasteiger partial charge in [-0.1, -0.05) is 0 Å². The number of aromatic nitrogens is 2. The summed E-state index contributed by atoms with van der Waals surface area (Å²) in [5.74, 6) is -2.16. The molecule has 9 heteroatoms. The number of alkyl halides is 3. The molecule has 124 valence electrons. The fourth-order valence-corrected chi connectivity index (χ4v) is 2.03. The van der Waals surface area contributed by atoms with Crippen molar-refractivity contribution in [1.29, 1.82) is 0 Å². The first-order valence-corrected chi connectivity index (χ1v) is 6.25. The smallest absolute Gasteiger partial charge is 0.434 e. The van der Waals surface area contributed by atoms with Crippen LogP contribution in [0.15, 0.2) is 18.3 Å². The zero-order valence-electron chi connectivity index (χ0n) is 12.4. The van der Waals surface area contributed by atoms with Crippen LogP contribution in [0.1, 0.15) is 16.1 Å². The number of carbonyl (C=O) groups excluding carboxylic acids is 1. The monoisotopic (exact) mass is 332 g/mol. The zero-order chi connectivity index (χ0) is 17.4. The summed E-state index contributed by atoms with van der Waals surface area (Å²) in [6.45, 7) is 0. The molecule has 0 aliphatic heterocycles. The number of carbonyl (C=O) groups is 1. The Balaban J connectivity index is 2.64. The SMILES string of the molecule is COC(=O)c1cc(F)c(-c2nc(C(F)(F)F)cn2C)c(OC)c1. The summed E-state index contributed by atoms with van der Waals surface area (Å²) in [4.78, 5) is 14.9. The van der Waals surface area contributed by atoms with Crippen molar-refractivity contribution >= 4 is 5.97 Å². The summed E-state index contributed by atoms with van der Waals surface area (Å²) in [6, 6.07) is 2.03. The average molecular weight is 332 g/mol. The van der Waals surface area contributed by atoms with Gasteiger partial charge in [0.05, 0.1) is 25.3 Å². The first-order valence-electron chi connectivity index (χ1n) is 6.25. The Morgan fingerprint density at radius 3 is 2.39 bits per heavy atom. The highest BCUT2D eigenvalue weighted by atomic mass is 19.4. The molecule has 2 rings (SSSR count). The maximum absolute atomic E-state index is 14.3. The van der Waals surface area contributed by atoms with Gasteiger partial charge in [-0.25, -0.2) is 14.2 Å². The van der Waals surface area contributed by atoms with Crippen molar-refractivity contribution in [2.45, 2.75) is 6.18 Å². The molecule has 0 atom stereocenters. The highest BCUT2D eigenvalue weighted by Gasteiger charge is 2.35. The molecule has 0 amide bonds. The van der Waals surface area contributed by atoms with E-state index in [1.807, 2.05) is 0 Å². The molecule has 1 heterocycles. The van der Waals surface area contributed by atoms with Crippen molar-refractivity contribution in [3.05, 3.63) is 35.4 Å². The van der Waals surface area contributed by atoms with E-state index in [9.17, 15) is 22.4 Å². The van der Waals surface area contributed by atoms with Crippen LogP contribution in [0.25, 0.3) is 11.4 Å². The normalized spacial score (nSPS) is 11.4. The lowest BCUT2D eigenvalue weighted by Gasteiger charge is -2.11. The second kappa shape index (κ2) is 5.90.